The van der Waals surface area contributed by atoms with Crippen LogP contribution in [0.4, 0.5) is 0 Å². The van der Waals surface area contributed by atoms with Crippen molar-refractivity contribution in [2.75, 3.05) is 53.0 Å². The van der Waals surface area contributed by atoms with Crippen LogP contribution in [0.5, 0.6) is 5.75 Å². The molecule has 2 unspecified atom stereocenters. The first-order chi connectivity index (χ1) is 16.2. The molecule has 1 saturated carbocycles. The Bertz CT molecular complexity index is 797. The van der Waals surface area contributed by atoms with Crippen LogP contribution in [-0.2, 0) is 14.3 Å². The normalized spacial score (nSPS) is 34.0. The lowest BCUT2D eigenvalue weighted by atomic mass is 9.82. The number of piperidine rings is 1. The number of para-hydroxylation sites is 1. The van der Waals surface area contributed by atoms with E-state index >= 15 is 0 Å². The molecule has 1 amide bonds. The zero-order valence-corrected chi connectivity index (χ0v) is 19.9. The summed E-state index contributed by atoms with van der Waals surface area (Å²) in [6, 6.07) is 8.81. The van der Waals surface area contributed by atoms with Crippen LogP contribution in [0.25, 0.3) is 0 Å². The van der Waals surface area contributed by atoms with E-state index in [4.69, 9.17) is 14.2 Å². The molecule has 0 aromatic heterocycles. The minimum absolute atomic E-state index is 0.0157. The molecule has 1 N–H and O–H groups in total. The quantitative estimate of drug-likeness (QED) is 0.736. The molecule has 1 aromatic rings. The van der Waals surface area contributed by atoms with Gasteiger partial charge in [-0.3, -0.25) is 9.69 Å². The molecule has 33 heavy (non-hydrogen) atoms. The number of carbonyl (C=O) groups excluding carboxylic acids is 1. The van der Waals surface area contributed by atoms with Crippen molar-refractivity contribution in [3.63, 3.8) is 0 Å². The van der Waals surface area contributed by atoms with Crippen LogP contribution in [-0.4, -0.2) is 93.0 Å². The third kappa shape index (κ3) is 5.53. The van der Waals surface area contributed by atoms with E-state index in [2.05, 4.69) is 39.4 Å². The number of carbonyl (C=O) groups is 1. The van der Waals surface area contributed by atoms with Crippen molar-refractivity contribution in [3.05, 3.63) is 29.8 Å². The Balaban J connectivity index is 1.29. The SMILES string of the molecule is CN1CCOC(C(=O)N[C@H]2CCCN3CCOc4ccccc4C4CCC(CC4)OCC23)C1. The minimum atomic E-state index is -0.384. The number of nitrogens with one attached hydrogen (secondary N) is 1. The standard InChI is InChI=1S/C26H39N3O4/c1-28-13-15-32-25(17-28)26(30)27-22-6-4-12-29-14-16-31-24-7-3-2-5-21(24)19-8-10-20(11-9-19)33-18-23(22)29/h2-3,5,7,19-20,22-23,25H,4,6,8-18H2,1H3,(H,27,30)/t19?,20?,22-,23?,25?/m0/s1. The highest BCUT2D eigenvalue weighted by molar-refractivity contribution is 5.81. The van der Waals surface area contributed by atoms with Crippen LogP contribution in [0.3, 0.4) is 0 Å². The fraction of sp³-hybridized carbons (Fsp3) is 0.731. The molecule has 2 bridgehead atoms. The van der Waals surface area contributed by atoms with Gasteiger partial charge in [0.1, 0.15) is 18.5 Å². The first kappa shape index (κ1) is 23.1. The molecule has 0 spiro atoms. The van der Waals surface area contributed by atoms with Crippen molar-refractivity contribution in [1.29, 1.82) is 0 Å². The molecule has 2 saturated heterocycles. The predicted octanol–water partition coefficient (Wildman–Crippen LogP) is 2.40. The largest absolute Gasteiger partial charge is 0.492 e. The third-order valence-corrected chi connectivity index (χ3v) is 7.96. The number of benzene rings is 1. The highest BCUT2D eigenvalue weighted by atomic mass is 16.5. The van der Waals surface area contributed by atoms with Gasteiger partial charge < -0.3 is 24.4 Å². The first-order valence-corrected chi connectivity index (χ1v) is 12.9. The van der Waals surface area contributed by atoms with Gasteiger partial charge in [-0.1, -0.05) is 18.2 Å². The number of hydrogen-bond acceptors (Lipinski definition) is 6. The van der Waals surface area contributed by atoms with Crippen molar-refractivity contribution in [2.24, 2.45) is 0 Å². The predicted molar refractivity (Wildman–Crippen MR) is 127 cm³/mol. The summed E-state index contributed by atoms with van der Waals surface area (Å²) in [7, 11) is 2.04. The van der Waals surface area contributed by atoms with Gasteiger partial charge in [0.2, 0.25) is 0 Å². The molecule has 3 fully saturated rings. The molecule has 4 aliphatic heterocycles. The van der Waals surface area contributed by atoms with Gasteiger partial charge >= 0.3 is 0 Å². The second-order valence-electron chi connectivity index (χ2n) is 10.2. The van der Waals surface area contributed by atoms with Crippen LogP contribution in [0.15, 0.2) is 24.3 Å². The van der Waals surface area contributed by atoms with E-state index in [1.165, 1.54) is 5.56 Å². The van der Waals surface area contributed by atoms with E-state index < -0.39 is 0 Å². The average molecular weight is 458 g/mol. The lowest BCUT2D eigenvalue weighted by Gasteiger charge is -2.42. The van der Waals surface area contributed by atoms with Crippen LogP contribution < -0.4 is 10.1 Å². The smallest absolute Gasteiger partial charge is 0.250 e. The van der Waals surface area contributed by atoms with Crippen molar-refractivity contribution >= 4 is 5.91 Å². The number of amides is 1. The number of morpholine rings is 1. The fourth-order valence-corrected chi connectivity index (χ4v) is 6.00. The molecular weight excluding hydrogens is 418 g/mol. The second-order valence-corrected chi connectivity index (χ2v) is 10.2. The summed E-state index contributed by atoms with van der Waals surface area (Å²) in [6.07, 6.45) is 6.44. The van der Waals surface area contributed by atoms with Crippen LogP contribution in [0.1, 0.15) is 50.0 Å². The third-order valence-electron chi connectivity index (χ3n) is 7.96. The van der Waals surface area contributed by atoms with E-state index in [1.807, 2.05) is 7.05 Å². The monoisotopic (exact) mass is 457 g/mol. The molecular formula is C26H39N3O4. The van der Waals surface area contributed by atoms with Crippen molar-refractivity contribution in [3.8, 4) is 5.75 Å². The highest BCUT2D eigenvalue weighted by Gasteiger charge is 2.36. The summed E-state index contributed by atoms with van der Waals surface area (Å²) < 4.78 is 18.6. The van der Waals surface area contributed by atoms with Crippen molar-refractivity contribution in [2.45, 2.75) is 68.7 Å². The summed E-state index contributed by atoms with van der Waals surface area (Å²) >= 11 is 0. The van der Waals surface area contributed by atoms with Gasteiger partial charge in [0.25, 0.3) is 5.91 Å². The number of nitrogens with zero attached hydrogens (tertiary/aromatic N) is 2. The molecule has 3 atom stereocenters. The Morgan fingerprint density at radius 3 is 2.70 bits per heavy atom. The molecule has 6 rings (SSSR count). The molecule has 1 aromatic carbocycles. The van der Waals surface area contributed by atoms with Crippen molar-refractivity contribution in [1.82, 2.24) is 15.1 Å². The minimum Gasteiger partial charge on any atom is -0.492 e. The summed E-state index contributed by atoms with van der Waals surface area (Å²) in [4.78, 5) is 17.7. The molecule has 4 heterocycles. The molecule has 7 nitrogen and oxygen atoms in total. The summed E-state index contributed by atoms with van der Waals surface area (Å²) in [6.45, 7) is 5.32. The van der Waals surface area contributed by atoms with Gasteiger partial charge in [-0.15, -0.1) is 0 Å². The van der Waals surface area contributed by atoms with E-state index in [9.17, 15) is 4.79 Å². The van der Waals surface area contributed by atoms with E-state index in [0.717, 1.165) is 63.9 Å². The molecule has 1 aliphatic carbocycles. The second kappa shape index (κ2) is 10.7. The Morgan fingerprint density at radius 2 is 1.85 bits per heavy atom. The van der Waals surface area contributed by atoms with Gasteiger partial charge in [0, 0.05) is 25.7 Å². The number of hydrogen-bond donors (Lipinski definition) is 1. The Kier molecular flexibility index (Phi) is 7.50. The van der Waals surface area contributed by atoms with Gasteiger partial charge in [0.15, 0.2) is 0 Å². The number of ether oxygens (including phenoxy) is 3. The zero-order valence-electron chi connectivity index (χ0n) is 19.9. The summed E-state index contributed by atoms with van der Waals surface area (Å²) in [5, 5.41) is 3.34. The van der Waals surface area contributed by atoms with Gasteiger partial charge in [-0.2, -0.15) is 0 Å². The zero-order chi connectivity index (χ0) is 22.6. The number of fused-ring (bicyclic) bond motifs is 5. The first-order valence-electron chi connectivity index (χ1n) is 12.9. The lowest BCUT2D eigenvalue weighted by molar-refractivity contribution is -0.140. The van der Waals surface area contributed by atoms with Crippen LogP contribution in [0, 0.1) is 0 Å². The summed E-state index contributed by atoms with van der Waals surface area (Å²) in [5.41, 5.74) is 1.35. The van der Waals surface area contributed by atoms with E-state index in [0.29, 0.717) is 38.4 Å². The van der Waals surface area contributed by atoms with Crippen LogP contribution in [0.2, 0.25) is 0 Å². The number of likely N-dealkylation sites (N-methyl/N-ethyl adjacent to an activating group) is 1. The summed E-state index contributed by atoms with van der Waals surface area (Å²) in [5.74, 6) is 1.62. The van der Waals surface area contributed by atoms with Crippen LogP contribution >= 0.6 is 0 Å². The van der Waals surface area contributed by atoms with E-state index in [-0.39, 0.29) is 24.1 Å². The Labute approximate surface area is 197 Å². The molecule has 7 heteroatoms. The van der Waals surface area contributed by atoms with E-state index in [1.54, 1.807) is 0 Å². The highest BCUT2D eigenvalue weighted by Crippen LogP contribution is 2.38. The average Bonchev–Trinajstić information content (AvgIpc) is 2.86. The molecule has 5 aliphatic rings. The maximum absolute atomic E-state index is 13.0. The number of rotatable bonds is 2. The molecule has 0 radical (unpaired) electrons. The topological polar surface area (TPSA) is 63.3 Å². The Morgan fingerprint density at radius 1 is 1.00 bits per heavy atom. The maximum Gasteiger partial charge on any atom is 0.250 e. The lowest BCUT2D eigenvalue weighted by Crippen LogP contribution is -2.60. The van der Waals surface area contributed by atoms with Gasteiger partial charge in [-0.25, -0.2) is 0 Å². The van der Waals surface area contributed by atoms with Gasteiger partial charge in [0.05, 0.1) is 25.4 Å². The van der Waals surface area contributed by atoms with Gasteiger partial charge in [-0.05, 0) is 69.7 Å². The van der Waals surface area contributed by atoms with Crippen molar-refractivity contribution < 1.29 is 19.0 Å². The Hall–Kier alpha value is -1.67. The maximum atomic E-state index is 13.0. The molecule has 182 valence electrons. The fourth-order valence-electron chi connectivity index (χ4n) is 6.00.